The molecule has 2 aliphatic carbocycles. The zero-order chi connectivity index (χ0) is 57.4. The number of nitriles is 1. The van der Waals surface area contributed by atoms with Gasteiger partial charge in [-0.2, -0.15) is 76.2 Å². The maximum absolute atomic E-state index is 14.5. The molecule has 2 amide bonds. The molecule has 0 spiro atoms. The largest absolute Gasteiger partial charge is 0.435 e. The first-order chi connectivity index (χ1) is 35.4. The van der Waals surface area contributed by atoms with Crippen molar-refractivity contribution in [3.05, 3.63) is 132 Å². The molecule has 2 aromatic heterocycles. The summed E-state index contributed by atoms with van der Waals surface area (Å²) in [5.74, 6) is -1.39. The molecule has 0 atom stereocenters. The third-order valence-corrected chi connectivity index (χ3v) is 13.2. The lowest BCUT2D eigenvalue weighted by Crippen LogP contribution is -2.50. The lowest BCUT2D eigenvalue weighted by Gasteiger charge is -2.31. The molecular formula is C46H24Cl5F17N6O3. The van der Waals surface area contributed by atoms with Crippen LogP contribution in [0.4, 0.5) is 74.6 Å². The zero-order valence-corrected chi connectivity index (χ0v) is 41.0. The minimum atomic E-state index is -6.67. The minimum absolute atomic E-state index is 0.00373. The van der Waals surface area contributed by atoms with Gasteiger partial charge < -0.3 is 15.2 Å². The highest BCUT2D eigenvalue weighted by Crippen LogP contribution is 2.57. The number of benzene rings is 4. The molecule has 0 bridgehead atoms. The van der Waals surface area contributed by atoms with Crippen molar-refractivity contribution >= 4 is 69.8 Å². The van der Waals surface area contributed by atoms with Crippen molar-refractivity contribution in [3.8, 4) is 45.5 Å². The van der Waals surface area contributed by atoms with Crippen molar-refractivity contribution in [2.45, 2.75) is 79.5 Å². The van der Waals surface area contributed by atoms with E-state index in [0.717, 1.165) is 25.1 Å². The SMILES string of the molecule is N#CC1(NC(=O)c2cc(-n3cc(-c4c(Cl)cc(C(F)(C(F)(F)F)C(F)(F)F)cc4Cl)cn3)ccc2Cl)CC1.O=C(NC1CC1)c1cc(-c2cc(-c3c(Cl)cc(C(F)(C(F)(F)F)C(F)(F)F)cc3C(F)(F)F)no2)ccc1Cl. The predicted molar refractivity (Wildman–Crippen MR) is 242 cm³/mol. The maximum Gasteiger partial charge on any atom is 0.435 e. The van der Waals surface area contributed by atoms with Gasteiger partial charge in [-0.1, -0.05) is 63.2 Å². The number of hydrogen-bond donors (Lipinski definition) is 2. The van der Waals surface area contributed by atoms with Gasteiger partial charge in [0.15, 0.2) is 5.76 Å². The molecule has 0 radical (unpaired) electrons. The highest BCUT2D eigenvalue weighted by atomic mass is 35.5. The molecule has 2 N–H and O–H groups in total. The molecule has 0 unspecified atom stereocenters. The topological polar surface area (TPSA) is 126 Å². The Balaban J connectivity index is 0.000000224. The Bertz CT molecular complexity index is 3290. The summed E-state index contributed by atoms with van der Waals surface area (Å²) < 4.78 is 235. The van der Waals surface area contributed by atoms with Gasteiger partial charge in [-0.05, 0) is 86.3 Å². The summed E-state index contributed by atoms with van der Waals surface area (Å²) in [6.07, 6.45) is -26.6. The summed E-state index contributed by atoms with van der Waals surface area (Å²) >= 11 is 29.9. The van der Waals surface area contributed by atoms with E-state index >= 15 is 0 Å². The quantitative estimate of drug-likeness (QED) is 0.132. The van der Waals surface area contributed by atoms with Crippen molar-refractivity contribution in [2.75, 3.05) is 0 Å². The van der Waals surface area contributed by atoms with Crippen LogP contribution in [0.2, 0.25) is 25.1 Å². The summed E-state index contributed by atoms with van der Waals surface area (Å²) in [5, 5.41) is 19.4. The monoisotopic (exact) mass is 1210 g/mol. The summed E-state index contributed by atoms with van der Waals surface area (Å²) in [6.45, 7) is 0. The minimum Gasteiger partial charge on any atom is -0.356 e. The van der Waals surface area contributed by atoms with E-state index in [1.165, 1.54) is 47.3 Å². The van der Waals surface area contributed by atoms with Crippen molar-refractivity contribution < 1.29 is 88.7 Å². The number of rotatable bonds is 10. The van der Waals surface area contributed by atoms with Crippen LogP contribution in [0.15, 0.2) is 83.6 Å². The molecule has 77 heavy (non-hydrogen) atoms. The standard InChI is InChI=1S/C23H12Cl3F7N4O.C23H12Cl2F10N2O2/c24-15-2-1-13(7-14(15)19(38)36-20(10-34)3-4-20)37-9-11(8-35-37)18-16(25)5-12(6-17(18)26)21(27,22(28,29)30)23(31,32)33;24-14-4-1-9(5-12(14)19(38)36-11-2-3-11)17-8-16(37-39-17)18-13(21(27,28)29)6-10(7-15(18)25)20(26,22(30,31)32)23(33,34)35/h1-2,5-9H,3-4H2,(H,36,38);1,4-8,11H,2-3H2,(H,36,38). The fourth-order valence-corrected chi connectivity index (χ4v) is 8.71. The Morgan fingerprint density at radius 3 is 1.60 bits per heavy atom. The second-order valence-electron chi connectivity index (χ2n) is 17.0. The van der Waals surface area contributed by atoms with Crippen LogP contribution in [-0.4, -0.2) is 63.0 Å². The van der Waals surface area contributed by atoms with Crippen molar-refractivity contribution in [1.29, 1.82) is 5.26 Å². The molecule has 2 fully saturated rings. The van der Waals surface area contributed by atoms with Gasteiger partial charge in [0.05, 0.1) is 59.8 Å². The number of alkyl halides is 17. The Morgan fingerprint density at radius 2 is 1.12 bits per heavy atom. The number of halogens is 22. The van der Waals surface area contributed by atoms with Crippen LogP contribution < -0.4 is 10.6 Å². The van der Waals surface area contributed by atoms with Gasteiger partial charge in [-0.3, -0.25) is 9.59 Å². The molecular weight excluding hydrogens is 1180 g/mol. The molecule has 0 aliphatic heterocycles. The Kier molecular flexibility index (Phi) is 15.5. The van der Waals surface area contributed by atoms with Gasteiger partial charge in [-0.25, -0.2) is 13.5 Å². The van der Waals surface area contributed by atoms with Crippen molar-refractivity contribution in [2.24, 2.45) is 0 Å². The molecule has 8 rings (SSSR count). The van der Waals surface area contributed by atoms with E-state index < -0.39 is 109 Å². The van der Waals surface area contributed by atoms with E-state index in [0.29, 0.717) is 12.8 Å². The van der Waals surface area contributed by atoms with Gasteiger partial charge in [0.25, 0.3) is 11.8 Å². The second kappa shape index (κ2) is 20.3. The second-order valence-corrected chi connectivity index (χ2v) is 19.0. The van der Waals surface area contributed by atoms with Crippen LogP contribution in [0, 0.1) is 11.3 Å². The molecule has 4 aromatic carbocycles. The molecule has 2 aliphatic rings. The van der Waals surface area contributed by atoms with E-state index in [4.69, 9.17) is 62.5 Å². The van der Waals surface area contributed by atoms with E-state index in [9.17, 15) is 89.5 Å². The number of aromatic nitrogens is 3. The average molecular weight is 1210 g/mol. The highest BCUT2D eigenvalue weighted by molar-refractivity contribution is 6.39. The molecule has 2 saturated carbocycles. The van der Waals surface area contributed by atoms with E-state index in [2.05, 4.69) is 20.9 Å². The van der Waals surface area contributed by atoms with Gasteiger partial charge >= 0.3 is 42.2 Å². The molecule has 6 aromatic rings. The Morgan fingerprint density at radius 1 is 0.623 bits per heavy atom. The van der Waals surface area contributed by atoms with Gasteiger partial charge in [0.2, 0.25) is 0 Å². The van der Waals surface area contributed by atoms with Crippen LogP contribution in [-0.2, 0) is 17.5 Å². The average Bonchev–Trinajstić information content (AvgIpc) is 4.18. The van der Waals surface area contributed by atoms with Crippen LogP contribution in [0.1, 0.15) is 63.1 Å². The molecule has 0 saturated heterocycles. The first kappa shape index (κ1) is 58.7. The highest BCUT2D eigenvalue weighted by Gasteiger charge is 2.75. The van der Waals surface area contributed by atoms with E-state index in [1.54, 1.807) is 0 Å². The Hall–Kier alpha value is -6.01. The van der Waals surface area contributed by atoms with Gasteiger partial charge in [0.1, 0.15) is 11.2 Å². The third-order valence-electron chi connectivity index (χ3n) is 11.6. The fourth-order valence-electron chi connectivity index (χ4n) is 7.28. The first-order valence-electron chi connectivity index (χ1n) is 21.1. The van der Waals surface area contributed by atoms with Crippen LogP contribution in [0.3, 0.4) is 0 Å². The summed E-state index contributed by atoms with van der Waals surface area (Å²) in [5.41, 5.74) is -20.8. The molecule has 31 heteroatoms. The number of hydrogen-bond acceptors (Lipinski definition) is 6. The number of nitrogens with one attached hydrogen (secondary N) is 2. The smallest absolute Gasteiger partial charge is 0.356 e. The van der Waals surface area contributed by atoms with Crippen molar-refractivity contribution in [3.63, 3.8) is 0 Å². The predicted octanol–water partition coefficient (Wildman–Crippen LogP) is 16.1. The van der Waals surface area contributed by atoms with Crippen LogP contribution >= 0.6 is 58.0 Å². The van der Waals surface area contributed by atoms with Crippen LogP contribution in [0.5, 0.6) is 0 Å². The number of amides is 2. The molecule has 2 heterocycles. The number of carbonyl (C=O) groups is 2. The summed E-state index contributed by atoms with van der Waals surface area (Å²) in [4.78, 5) is 25.0. The lowest BCUT2D eigenvalue weighted by atomic mass is 9.90. The number of nitrogens with zero attached hydrogens (tertiary/aromatic N) is 4. The van der Waals surface area contributed by atoms with E-state index in [-0.39, 0.29) is 73.6 Å². The number of carbonyl (C=O) groups excluding carboxylic acids is 2. The van der Waals surface area contributed by atoms with E-state index in [1.807, 2.05) is 6.07 Å². The lowest BCUT2D eigenvalue weighted by molar-refractivity contribution is -0.349. The fraction of sp³-hybridized carbons (Fsp3) is 0.283. The van der Waals surface area contributed by atoms with Gasteiger partial charge in [0, 0.05) is 51.7 Å². The third kappa shape index (κ3) is 11.5. The first-order valence-corrected chi connectivity index (χ1v) is 23.0. The zero-order valence-electron chi connectivity index (χ0n) is 37.2. The summed E-state index contributed by atoms with van der Waals surface area (Å²) in [6, 6.07) is 10.5. The molecule has 9 nitrogen and oxygen atoms in total. The summed E-state index contributed by atoms with van der Waals surface area (Å²) in [7, 11) is 0. The van der Waals surface area contributed by atoms with Gasteiger partial charge in [-0.15, -0.1) is 0 Å². The maximum atomic E-state index is 14.5. The van der Waals surface area contributed by atoms with Crippen LogP contribution in [0.25, 0.3) is 39.4 Å². The molecule has 410 valence electrons. The normalized spacial score (nSPS) is 15.1. The Labute approximate surface area is 444 Å². The van der Waals surface area contributed by atoms with Crippen molar-refractivity contribution in [1.82, 2.24) is 25.6 Å².